The molecule has 1 aromatic carbocycles. The minimum absolute atomic E-state index is 0.0610. The molecule has 0 N–H and O–H groups in total. The Morgan fingerprint density at radius 2 is 2.22 bits per heavy atom. The van der Waals surface area contributed by atoms with E-state index in [1.807, 2.05) is 19.1 Å². The number of hydrogen-bond acceptors (Lipinski definition) is 3. The summed E-state index contributed by atoms with van der Waals surface area (Å²) in [7, 11) is 1.36. The van der Waals surface area contributed by atoms with Crippen LogP contribution in [-0.2, 0) is 14.3 Å². The van der Waals surface area contributed by atoms with E-state index in [2.05, 4.69) is 12.1 Å². The summed E-state index contributed by atoms with van der Waals surface area (Å²) in [4.78, 5) is 23.9. The second-order valence-corrected chi connectivity index (χ2v) is 5.42. The number of rotatable bonds is 2. The van der Waals surface area contributed by atoms with Crippen molar-refractivity contribution in [3.05, 3.63) is 35.4 Å². The number of ether oxygens (including phenoxy) is 1. The first-order valence-electron chi connectivity index (χ1n) is 6.28. The summed E-state index contributed by atoms with van der Waals surface area (Å²) >= 11 is 0. The van der Waals surface area contributed by atoms with Crippen LogP contribution in [0.1, 0.15) is 29.9 Å². The molecule has 0 aromatic heterocycles. The zero-order valence-corrected chi connectivity index (χ0v) is 10.6. The average molecular weight is 244 g/mol. The van der Waals surface area contributed by atoms with Gasteiger partial charge < -0.3 is 4.74 Å². The highest BCUT2D eigenvalue weighted by Gasteiger charge is 2.72. The second kappa shape index (κ2) is 3.67. The standard InChI is InChI=1S/C15H16O3/c1-9-4-3-5-10(6-9)11-7-13(16)15(8-12(11)15)14(17)18-2/h3-6,11-12H,7-8H2,1-2H3/t11-,12-,15+/m1/s1. The fourth-order valence-corrected chi connectivity index (χ4v) is 3.40. The number of Topliss-reactive ketones (excluding diaryl/α,β-unsaturated/α-hetero) is 1. The van der Waals surface area contributed by atoms with E-state index in [9.17, 15) is 9.59 Å². The number of carbonyl (C=O) groups excluding carboxylic acids is 2. The molecule has 3 rings (SSSR count). The highest BCUT2D eigenvalue weighted by atomic mass is 16.5. The van der Waals surface area contributed by atoms with Gasteiger partial charge in [0.1, 0.15) is 5.41 Å². The first kappa shape index (κ1) is 11.5. The number of hydrogen-bond donors (Lipinski definition) is 0. The van der Waals surface area contributed by atoms with Gasteiger partial charge in [-0.3, -0.25) is 9.59 Å². The molecule has 3 heteroatoms. The van der Waals surface area contributed by atoms with Crippen LogP contribution in [0.2, 0.25) is 0 Å². The maximum atomic E-state index is 12.1. The van der Waals surface area contributed by atoms with Crippen LogP contribution in [0.3, 0.4) is 0 Å². The molecule has 1 aromatic rings. The molecule has 0 aliphatic heterocycles. The Morgan fingerprint density at radius 1 is 1.44 bits per heavy atom. The number of ketones is 1. The summed E-state index contributed by atoms with van der Waals surface area (Å²) in [5, 5.41) is 0. The van der Waals surface area contributed by atoms with Gasteiger partial charge in [0, 0.05) is 6.42 Å². The van der Waals surface area contributed by atoms with E-state index < -0.39 is 5.41 Å². The van der Waals surface area contributed by atoms with E-state index >= 15 is 0 Å². The van der Waals surface area contributed by atoms with E-state index in [-0.39, 0.29) is 23.6 Å². The lowest BCUT2D eigenvalue weighted by atomic mass is 9.93. The Kier molecular flexibility index (Phi) is 2.34. The Hall–Kier alpha value is -1.64. The van der Waals surface area contributed by atoms with Crippen molar-refractivity contribution in [1.29, 1.82) is 0 Å². The van der Waals surface area contributed by atoms with Crippen LogP contribution in [-0.4, -0.2) is 18.9 Å². The molecule has 3 atom stereocenters. The highest BCUT2D eigenvalue weighted by molar-refractivity contribution is 6.10. The molecule has 0 amide bonds. The van der Waals surface area contributed by atoms with Crippen LogP contribution in [0.15, 0.2) is 24.3 Å². The Bertz CT molecular complexity index is 534. The van der Waals surface area contributed by atoms with Crippen LogP contribution < -0.4 is 0 Å². The SMILES string of the molecule is COC(=O)[C@@]12C[C@@H]1[C@@H](c1cccc(C)c1)CC2=O. The molecule has 0 unspecified atom stereocenters. The summed E-state index contributed by atoms with van der Waals surface area (Å²) in [6.45, 7) is 2.04. The van der Waals surface area contributed by atoms with Crippen molar-refractivity contribution in [1.82, 2.24) is 0 Å². The third-order valence-electron chi connectivity index (χ3n) is 4.42. The molecule has 2 saturated carbocycles. The predicted octanol–water partition coefficient (Wildman–Crippen LogP) is 2.23. The molecule has 0 saturated heterocycles. The van der Waals surface area contributed by atoms with E-state index in [1.165, 1.54) is 18.2 Å². The quantitative estimate of drug-likeness (QED) is 0.592. The van der Waals surface area contributed by atoms with Gasteiger partial charge in [0.25, 0.3) is 0 Å². The number of benzene rings is 1. The van der Waals surface area contributed by atoms with Crippen molar-refractivity contribution in [3.63, 3.8) is 0 Å². The smallest absolute Gasteiger partial charge is 0.319 e. The van der Waals surface area contributed by atoms with Gasteiger partial charge in [0.2, 0.25) is 0 Å². The van der Waals surface area contributed by atoms with Gasteiger partial charge in [-0.1, -0.05) is 29.8 Å². The van der Waals surface area contributed by atoms with Gasteiger partial charge in [-0.15, -0.1) is 0 Å². The van der Waals surface area contributed by atoms with Gasteiger partial charge in [-0.05, 0) is 30.7 Å². The van der Waals surface area contributed by atoms with Gasteiger partial charge in [0.05, 0.1) is 7.11 Å². The molecule has 2 fully saturated rings. The van der Waals surface area contributed by atoms with Crippen molar-refractivity contribution in [2.45, 2.75) is 25.7 Å². The van der Waals surface area contributed by atoms with Crippen molar-refractivity contribution in [3.8, 4) is 0 Å². The Labute approximate surface area is 106 Å². The molecule has 18 heavy (non-hydrogen) atoms. The lowest BCUT2D eigenvalue weighted by Gasteiger charge is -2.11. The number of carbonyl (C=O) groups is 2. The minimum Gasteiger partial charge on any atom is -0.468 e. The molecule has 2 aliphatic rings. The third-order valence-corrected chi connectivity index (χ3v) is 4.42. The largest absolute Gasteiger partial charge is 0.468 e. The number of esters is 1. The number of methoxy groups -OCH3 is 1. The van der Waals surface area contributed by atoms with E-state index in [4.69, 9.17) is 4.74 Å². The van der Waals surface area contributed by atoms with Gasteiger partial charge in [-0.25, -0.2) is 0 Å². The van der Waals surface area contributed by atoms with Crippen LogP contribution in [0, 0.1) is 18.3 Å². The summed E-state index contributed by atoms with van der Waals surface area (Å²) < 4.78 is 4.80. The zero-order valence-electron chi connectivity index (χ0n) is 10.6. The minimum atomic E-state index is -0.802. The fourth-order valence-electron chi connectivity index (χ4n) is 3.40. The molecule has 0 heterocycles. The monoisotopic (exact) mass is 244 g/mol. The lowest BCUT2D eigenvalue weighted by Crippen LogP contribution is -2.24. The lowest BCUT2D eigenvalue weighted by molar-refractivity contribution is -0.150. The predicted molar refractivity (Wildman–Crippen MR) is 66.1 cm³/mol. The Balaban J connectivity index is 1.92. The molecule has 3 nitrogen and oxygen atoms in total. The summed E-state index contributed by atoms with van der Waals surface area (Å²) in [6, 6.07) is 8.22. The van der Waals surface area contributed by atoms with E-state index in [0.717, 1.165) is 0 Å². The molecule has 2 aliphatic carbocycles. The van der Waals surface area contributed by atoms with Crippen molar-refractivity contribution in [2.75, 3.05) is 7.11 Å². The molecule has 0 spiro atoms. The van der Waals surface area contributed by atoms with Crippen LogP contribution in [0.4, 0.5) is 0 Å². The summed E-state index contributed by atoms with van der Waals surface area (Å²) in [6.07, 6.45) is 1.14. The normalized spacial score (nSPS) is 33.1. The van der Waals surface area contributed by atoms with Crippen molar-refractivity contribution < 1.29 is 14.3 Å². The summed E-state index contributed by atoms with van der Waals surface area (Å²) in [5.41, 5.74) is 1.57. The maximum absolute atomic E-state index is 12.1. The number of aryl methyl sites for hydroxylation is 1. The molecular weight excluding hydrogens is 228 g/mol. The van der Waals surface area contributed by atoms with Gasteiger partial charge >= 0.3 is 5.97 Å². The maximum Gasteiger partial charge on any atom is 0.319 e. The van der Waals surface area contributed by atoms with Gasteiger partial charge in [0.15, 0.2) is 5.78 Å². The highest BCUT2D eigenvalue weighted by Crippen LogP contribution is 2.67. The Morgan fingerprint density at radius 3 is 2.83 bits per heavy atom. The molecule has 0 bridgehead atoms. The molecular formula is C15H16O3. The first-order chi connectivity index (χ1) is 8.59. The van der Waals surface area contributed by atoms with Crippen molar-refractivity contribution in [2.24, 2.45) is 11.3 Å². The van der Waals surface area contributed by atoms with Crippen LogP contribution >= 0.6 is 0 Å². The van der Waals surface area contributed by atoms with Crippen LogP contribution in [0.25, 0.3) is 0 Å². The van der Waals surface area contributed by atoms with E-state index in [0.29, 0.717) is 12.8 Å². The van der Waals surface area contributed by atoms with Crippen LogP contribution in [0.5, 0.6) is 0 Å². The van der Waals surface area contributed by atoms with Gasteiger partial charge in [-0.2, -0.15) is 0 Å². The average Bonchev–Trinajstić information content (AvgIpc) is 3.05. The second-order valence-electron chi connectivity index (χ2n) is 5.42. The third kappa shape index (κ3) is 1.36. The van der Waals surface area contributed by atoms with Crippen molar-refractivity contribution >= 4 is 11.8 Å². The molecule has 94 valence electrons. The van der Waals surface area contributed by atoms with E-state index in [1.54, 1.807) is 0 Å². The summed E-state index contributed by atoms with van der Waals surface area (Å²) in [5.74, 6) is 0.0641. The fraction of sp³-hybridized carbons (Fsp3) is 0.467. The molecule has 0 radical (unpaired) electrons. The number of fused-ring (bicyclic) bond motifs is 1. The topological polar surface area (TPSA) is 43.4 Å². The first-order valence-corrected chi connectivity index (χ1v) is 6.28. The zero-order chi connectivity index (χ0) is 12.9.